The van der Waals surface area contributed by atoms with Crippen molar-refractivity contribution >= 4 is 11.7 Å². The van der Waals surface area contributed by atoms with Gasteiger partial charge >= 0.3 is 11.7 Å². The molecule has 6 nitrogen and oxygen atoms in total. The molecule has 0 saturated carbocycles. The van der Waals surface area contributed by atoms with Gasteiger partial charge in [0.15, 0.2) is 5.75 Å². The Kier molecular flexibility index (Phi) is 5.63. The number of benzene rings is 1. The number of carboxylic acid groups (broad SMARTS) is 1. The molecule has 98 valence electrons. The van der Waals surface area contributed by atoms with Crippen LogP contribution in [0.2, 0.25) is 0 Å². The lowest BCUT2D eigenvalue weighted by atomic mass is 10.2. The van der Waals surface area contributed by atoms with Gasteiger partial charge < -0.3 is 9.84 Å². The van der Waals surface area contributed by atoms with E-state index >= 15 is 0 Å². The minimum atomic E-state index is -0.811. The number of hydrogen-bond acceptors (Lipinski definition) is 4. The molecule has 1 aromatic rings. The molecule has 0 aliphatic rings. The number of nitro groups is 1. The molecule has 0 heterocycles. The van der Waals surface area contributed by atoms with Gasteiger partial charge in [0.25, 0.3) is 0 Å². The summed E-state index contributed by atoms with van der Waals surface area (Å²) in [5, 5.41) is 19.1. The molecule has 1 rings (SSSR count). The average Bonchev–Trinajstić information content (AvgIpc) is 2.33. The van der Waals surface area contributed by atoms with Crippen molar-refractivity contribution in [2.24, 2.45) is 0 Å². The predicted molar refractivity (Wildman–Crippen MR) is 64.7 cm³/mol. The summed E-state index contributed by atoms with van der Waals surface area (Å²) in [7, 11) is 0. The normalized spacial score (nSPS) is 10.0. The molecule has 1 aromatic carbocycles. The quantitative estimate of drug-likeness (QED) is 0.437. The largest absolute Gasteiger partial charge is 0.487 e. The number of carbonyl (C=O) groups is 1. The molecule has 0 aliphatic heterocycles. The Balaban J connectivity index is 2.31. The van der Waals surface area contributed by atoms with Crippen molar-refractivity contribution in [3.05, 3.63) is 34.4 Å². The SMILES string of the molecule is O=C(O)CCCCCOc1ccccc1[N+](=O)[O-]. The van der Waals surface area contributed by atoms with Gasteiger partial charge in [-0.1, -0.05) is 12.1 Å². The average molecular weight is 253 g/mol. The molecular weight excluding hydrogens is 238 g/mol. The third-order valence-electron chi connectivity index (χ3n) is 2.35. The van der Waals surface area contributed by atoms with Crippen LogP contribution in [0.25, 0.3) is 0 Å². The molecular formula is C12H15NO5. The van der Waals surface area contributed by atoms with E-state index in [1.807, 2.05) is 0 Å². The summed E-state index contributed by atoms with van der Waals surface area (Å²) < 4.78 is 5.32. The fraction of sp³-hybridized carbons (Fsp3) is 0.417. The van der Waals surface area contributed by atoms with E-state index in [0.29, 0.717) is 19.4 Å². The van der Waals surface area contributed by atoms with E-state index < -0.39 is 10.9 Å². The molecule has 0 aliphatic carbocycles. The number of hydrogen-bond donors (Lipinski definition) is 1. The zero-order valence-electron chi connectivity index (χ0n) is 9.87. The minimum absolute atomic E-state index is 0.0527. The maximum Gasteiger partial charge on any atom is 0.310 e. The maximum absolute atomic E-state index is 10.7. The highest BCUT2D eigenvalue weighted by atomic mass is 16.6. The number of carboxylic acids is 1. The van der Waals surface area contributed by atoms with Gasteiger partial charge in [-0.05, 0) is 25.3 Å². The molecule has 18 heavy (non-hydrogen) atoms. The topological polar surface area (TPSA) is 89.7 Å². The Labute approximate surface area is 104 Å². The number of aliphatic carboxylic acids is 1. The lowest BCUT2D eigenvalue weighted by Gasteiger charge is -2.05. The second kappa shape index (κ2) is 7.26. The fourth-order valence-electron chi connectivity index (χ4n) is 1.47. The van der Waals surface area contributed by atoms with Crippen LogP contribution in [0.3, 0.4) is 0 Å². The summed E-state index contributed by atoms with van der Waals surface area (Å²) in [4.78, 5) is 20.5. The minimum Gasteiger partial charge on any atom is -0.487 e. The van der Waals surface area contributed by atoms with E-state index in [2.05, 4.69) is 0 Å². The number of ether oxygens (including phenoxy) is 1. The molecule has 0 saturated heterocycles. The van der Waals surface area contributed by atoms with Crippen molar-refractivity contribution in [2.75, 3.05) is 6.61 Å². The van der Waals surface area contributed by atoms with Crippen molar-refractivity contribution < 1.29 is 19.6 Å². The van der Waals surface area contributed by atoms with Crippen molar-refractivity contribution in [3.63, 3.8) is 0 Å². The van der Waals surface area contributed by atoms with Crippen molar-refractivity contribution in [1.82, 2.24) is 0 Å². The number of nitro benzene ring substituents is 1. The smallest absolute Gasteiger partial charge is 0.310 e. The van der Waals surface area contributed by atoms with Gasteiger partial charge in [0.1, 0.15) is 0 Å². The third-order valence-corrected chi connectivity index (χ3v) is 2.35. The van der Waals surface area contributed by atoms with E-state index in [4.69, 9.17) is 9.84 Å². The first-order chi connectivity index (χ1) is 8.61. The van der Waals surface area contributed by atoms with Crippen LogP contribution in [0.4, 0.5) is 5.69 Å². The predicted octanol–water partition coefficient (Wildman–Crippen LogP) is 2.62. The molecule has 0 amide bonds. The number of rotatable bonds is 8. The van der Waals surface area contributed by atoms with Crippen LogP contribution in [0.5, 0.6) is 5.75 Å². The Bertz CT molecular complexity index is 419. The maximum atomic E-state index is 10.7. The van der Waals surface area contributed by atoms with Gasteiger partial charge in [0.05, 0.1) is 11.5 Å². The zero-order chi connectivity index (χ0) is 13.4. The second-order valence-corrected chi connectivity index (χ2v) is 3.78. The highest BCUT2D eigenvalue weighted by molar-refractivity contribution is 5.66. The second-order valence-electron chi connectivity index (χ2n) is 3.78. The van der Waals surface area contributed by atoms with Gasteiger partial charge in [-0.25, -0.2) is 0 Å². The first-order valence-electron chi connectivity index (χ1n) is 5.69. The zero-order valence-corrected chi connectivity index (χ0v) is 9.87. The third kappa shape index (κ3) is 4.82. The first-order valence-corrected chi connectivity index (χ1v) is 5.69. The lowest BCUT2D eigenvalue weighted by molar-refractivity contribution is -0.385. The highest BCUT2D eigenvalue weighted by Gasteiger charge is 2.12. The van der Waals surface area contributed by atoms with Crippen LogP contribution in [0.15, 0.2) is 24.3 Å². The van der Waals surface area contributed by atoms with E-state index in [1.165, 1.54) is 6.07 Å². The van der Waals surface area contributed by atoms with E-state index in [0.717, 1.165) is 6.42 Å². The van der Waals surface area contributed by atoms with Crippen LogP contribution < -0.4 is 4.74 Å². The monoisotopic (exact) mass is 253 g/mol. The molecule has 6 heteroatoms. The lowest BCUT2D eigenvalue weighted by Crippen LogP contribution is -2.01. The first kappa shape index (κ1) is 14.0. The number of unbranched alkanes of at least 4 members (excludes halogenated alkanes) is 2. The van der Waals surface area contributed by atoms with Gasteiger partial charge in [0, 0.05) is 12.5 Å². The molecule has 0 atom stereocenters. The summed E-state index contributed by atoms with van der Waals surface area (Å²) in [5.41, 5.74) is -0.0527. The molecule has 0 fully saturated rings. The summed E-state index contributed by atoms with van der Waals surface area (Å²) in [6.07, 6.45) is 2.15. The van der Waals surface area contributed by atoms with E-state index in [-0.39, 0.29) is 17.9 Å². The molecule has 0 aromatic heterocycles. The highest BCUT2D eigenvalue weighted by Crippen LogP contribution is 2.25. The van der Waals surface area contributed by atoms with Crippen LogP contribution in [-0.2, 0) is 4.79 Å². The van der Waals surface area contributed by atoms with E-state index in [9.17, 15) is 14.9 Å². The standard InChI is InChI=1S/C12H15NO5/c14-12(15)8-2-1-5-9-18-11-7-4-3-6-10(11)13(16)17/h3-4,6-7H,1-2,5,8-9H2,(H,14,15). The Morgan fingerprint density at radius 2 is 2.00 bits per heavy atom. The summed E-state index contributed by atoms with van der Waals surface area (Å²) in [6.45, 7) is 0.352. The Morgan fingerprint density at radius 3 is 2.67 bits per heavy atom. The van der Waals surface area contributed by atoms with Gasteiger partial charge in [-0.15, -0.1) is 0 Å². The molecule has 0 spiro atoms. The van der Waals surface area contributed by atoms with Crippen LogP contribution in [0, 0.1) is 10.1 Å². The van der Waals surface area contributed by atoms with Gasteiger partial charge in [-0.2, -0.15) is 0 Å². The van der Waals surface area contributed by atoms with Crippen molar-refractivity contribution in [1.29, 1.82) is 0 Å². The molecule has 1 N–H and O–H groups in total. The van der Waals surface area contributed by atoms with Crippen LogP contribution in [-0.4, -0.2) is 22.6 Å². The van der Waals surface area contributed by atoms with Crippen molar-refractivity contribution in [3.8, 4) is 5.75 Å². The molecule has 0 radical (unpaired) electrons. The van der Waals surface area contributed by atoms with Gasteiger partial charge in [-0.3, -0.25) is 14.9 Å². The van der Waals surface area contributed by atoms with Crippen molar-refractivity contribution in [2.45, 2.75) is 25.7 Å². The van der Waals surface area contributed by atoms with Crippen LogP contribution in [0.1, 0.15) is 25.7 Å². The summed E-state index contributed by atoms with van der Waals surface area (Å²) in [5.74, 6) is -0.560. The Hall–Kier alpha value is -2.11. The molecule has 0 unspecified atom stereocenters. The Morgan fingerprint density at radius 1 is 1.28 bits per heavy atom. The van der Waals surface area contributed by atoms with Gasteiger partial charge in [0.2, 0.25) is 0 Å². The number of nitrogens with zero attached hydrogens (tertiary/aromatic N) is 1. The summed E-state index contributed by atoms with van der Waals surface area (Å²) in [6, 6.07) is 6.19. The van der Waals surface area contributed by atoms with Crippen LogP contribution >= 0.6 is 0 Å². The number of para-hydroxylation sites is 2. The summed E-state index contributed by atoms with van der Waals surface area (Å²) >= 11 is 0. The molecule has 0 bridgehead atoms. The fourth-order valence-corrected chi connectivity index (χ4v) is 1.47. The van der Waals surface area contributed by atoms with E-state index in [1.54, 1.807) is 18.2 Å².